The number of fused-ring (bicyclic) bond motifs is 2. The summed E-state index contributed by atoms with van der Waals surface area (Å²) in [6.07, 6.45) is 1.04. The molecule has 0 saturated heterocycles. The van der Waals surface area contributed by atoms with Gasteiger partial charge < -0.3 is 4.90 Å². The van der Waals surface area contributed by atoms with E-state index in [0.29, 0.717) is 0 Å². The number of hydrogen-bond donors (Lipinski definition) is 0. The molecule has 0 bridgehead atoms. The lowest BCUT2D eigenvalue weighted by molar-refractivity contribution is 1.14. The summed E-state index contributed by atoms with van der Waals surface area (Å²) in [5.41, 5.74) is 4.92. The van der Waals surface area contributed by atoms with E-state index < -0.39 is 0 Å². The first-order valence-electron chi connectivity index (χ1n) is 10.2. The molecule has 5 aromatic carbocycles. The lowest BCUT2D eigenvalue weighted by Crippen LogP contribution is -2.11. The van der Waals surface area contributed by atoms with Gasteiger partial charge in [-0.15, -0.1) is 0 Å². The van der Waals surface area contributed by atoms with Crippen molar-refractivity contribution in [3.8, 4) is 0 Å². The quantitative estimate of drug-likeness (QED) is 0.308. The zero-order chi connectivity index (χ0) is 19.6. The molecule has 0 aliphatic carbocycles. The molecule has 0 unspecified atom stereocenters. The van der Waals surface area contributed by atoms with E-state index in [9.17, 15) is 0 Å². The largest absolute Gasteiger partial charge is 0.309 e. The van der Waals surface area contributed by atoms with Crippen molar-refractivity contribution in [3.63, 3.8) is 0 Å². The van der Waals surface area contributed by atoms with Crippen LogP contribution in [-0.2, 0) is 6.42 Å². The Morgan fingerprint density at radius 1 is 0.517 bits per heavy atom. The number of nitrogens with zero attached hydrogens (tertiary/aromatic N) is 1. The average Bonchev–Trinajstić information content (AvgIpc) is 2.80. The molecule has 0 spiro atoms. The highest BCUT2D eigenvalue weighted by atomic mass is 15.1. The molecule has 29 heavy (non-hydrogen) atoms. The molecule has 0 fully saturated rings. The molecule has 1 heteroatoms. The number of rotatable bonds is 4. The highest BCUT2D eigenvalue weighted by molar-refractivity contribution is 6.04. The van der Waals surface area contributed by atoms with Crippen LogP contribution in [0.1, 0.15) is 12.5 Å². The van der Waals surface area contributed by atoms with Crippen molar-refractivity contribution in [3.05, 3.63) is 115 Å². The third-order valence-electron chi connectivity index (χ3n) is 5.62. The third kappa shape index (κ3) is 3.15. The number of benzene rings is 5. The Morgan fingerprint density at radius 3 is 1.52 bits per heavy atom. The van der Waals surface area contributed by atoms with E-state index in [1.807, 2.05) is 0 Å². The van der Waals surface area contributed by atoms with Gasteiger partial charge in [-0.1, -0.05) is 91.9 Å². The summed E-state index contributed by atoms with van der Waals surface area (Å²) in [4.78, 5) is 2.39. The SMILES string of the molecule is CCc1ccc(N(c2cccc3ccccc23)c2cccc3ccccc23)cc1. The van der Waals surface area contributed by atoms with Crippen molar-refractivity contribution >= 4 is 38.6 Å². The number of anilines is 3. The van der Waals surface area contributed by atoms with Crippen LogP contribution < -0.4 is 4.90 Å². The summed E-state index contributed by atoms with van der Waals surface area (Å²) < 4.78 is 0. The van der Waals surface area contributed by atoms with E-state index in [-0.39, 0.29) is 0 Å². The Morgan fingerprint density at radius 2 is 1.00 bits per heavy atom. The first-order valence-corrected chi connectivity index (χ1v) is 10.2. The van der Waals surface area contributed by atoms with Gasteiger partial charge in [-0.3, -0.25) is 0 Å². The second-order valence-electron chi connectivity index (χ2n) is 7.35. The van der Waals surface area contributed by atoms with Crippen LogP contribution in [0.4, 0.5) is 17.1 Å². The van der Waals surface area contributed by atoms with Crippen molar-refractivity contribution in [2.45, 2.75) is 13.3 Å². The van der Waals surface area contributed by atoms with E-state index in [0.717, 1.165) is 6.42 Å². The summed E-state index contributed by atoms with van der Waals surface area (Å²) in [5, 5.41) is 5.01. The molecular formula is C28H23N. The molecule has 0 aromatic heterocycles. The second-order valence-corrected chi connectivity index (χ2v) is 7.35. The van der Waals surface area contributed by atoms with E-state index >= 15 is 0 Å². The number of aryl methyl sites for hydroxylation is 1. The smallest absolute Gasteiger partial charge is 0.0540 e. The Bertz CT molecular complexity index is 1200. The highest BCUT2D eigenvalue weighted by Crippen LogP contribution is 2.41. The molecule has 0 atom stereocenters. The first kappa shape index (κ1) is 17.5. The second kappa shape index (κ2) is 7.44. The van der Waals surface area contributed by atoms with Crippen molar-refractivity contribution in [2.75, 3.05) is 4.90 Å². The van der Waals surface area contributed by atoms with Crippen molar-refractivity contribution < 1.29 is 0 Å². The molecule has 1 nitrogen and oxygen atoms in total. The van der Waals surface area contributed by atoms with E-state index in [1.165, 1.54) is 44.2 Å². The Kier molecular flexibility index (Phi) is 4.50. The van der Waals surface area contributed by atoms with Gasteiger partial charge in [0.2, 0.25) is 0 Å². The molecule has 0 aliphatic rings. The standard InChI is InChI=1S/C28H23N/c1-2-21-17-19-24(20-18-21)29(27-15-7-11-22-9-3-5-13-25(22)27)28-16-8-12-23-10-4-6-14-26(23)28/h3-20H,2H2,1H3. The lowest BCUT2D eigenvalue weighted by Gasteiger charge is -2.28. The number of hydrogen-bond acceptors (Lipinski definition) is 1. The van der Waals surface area contributed by atoms with E-state index in [2.05, 4.69) is 121 Å². The molecule has 5 rings (SSSR count). The molecule has 5 aromatic rings. The topological polar surface area (TPSA) is 3.24 Å². The summed E-state index contributed by atoms with van der Waals surface area (Å²) in [6, 6.07) is 39.3. The van der Waals surface area contributed by atoms with Gasteiger partial charge >= 0.3 is 0 Å². The maximum absolute atomic E-state index is 2.39. The molecule has 0 saturated carbocycles. The fourth-order valence-electron chi connectivity index (χ4n) is 4.10. The van der Waals surface area contributed by atoms with Gasteiger partial charge in [-0.25, -0.2) is 0 Å². The highest BCUT2D eigenvalue weighted by Gasteiger charge is 2.17. The Balaban J connectivity index is 1.81. The summed E-state index contributed by atoms with van der Waals surface area (Å²) in [7, 11) is 0. The normalized spacial score (nSPS) is 11.1. The summed E-state index contributed by atoms with van der Waals surface area (Å²) in [6.45, 7) is 2.20. The van der Waals surface area contributed by atoms with Gasteiger partial charge in [0.1, 0.15) is 0 Å². The van der Waals surface area contributed by atoms with E-state index in [4.69, 9.17) is 0 Å². The Hall–Kier alpha value is -3.58. The first-order chi connectivity index (χ1) is 14.3. The minimum atomic E-state index is 1.04. The maximum Gasteiger partial charge on any atom is 0.0540 e. The van der Waals surface area contributed by atoms with Crippen molar-refractivity contribution in [1.82, 2.24) is 0 Å². The van der Waals surface area contributed by atoms with Crippen LogP contribution in [0.5, 0.6) is 0 Å². The van der Waals surface area contributed by atoms with Crippen LogP contribution in [-0.4, -0.2) is 0 Å². The zero-order valence-corrected chi connectivity index (χ0v) is 16.5. The van der Waals surface area contributed by atoms with Gasteiger partial charge in [0.25, 0.3) is 0 Å². The molecule has 140 valence electrons. The fraction of sp³-hybridized carbons (Fsp3) is 0.0714. The van der Waals surface area contributed by atoms with Crippen LogP contribution in [0.25, 0.3) is 21.5 Å². The van der Waals surface area contributed by atoms with Crippen LogP contribution in [0.3, 0.4) is 0 Å². The van der Waals surface area contributed by atoms with Crippen LogP contribution >= 0.6 is 0 Å². The molecule has 0 radical (unpaired) electrons. The van der Waals surface area contributed by atoms with Gasteiger partial charge in [0.15, 0.2) is 0 Å². The maximum atomic E-state index is 2.39. The van der Waals surface area contributed by atoms with Gasteiger partial charge in [0.05, 0.1) is 11.4 Å². The third-order valence-corrected chi connectivity index (χ3v) is 5.62. The fourth-order valence-corrected chi connectivity index (χ4v) is 4.10. The molecule has 0 amide bonds. The molecule has 0 N–H and O–H groups in total. The predicted octanol–water partition coefficient (Wildman–Crippen LogP) is 8.03. The van der Waals surface area contributed by atoms with Crippen molar-refractivity contribution in [1.29, 1.82) is 0 Å². The van der Waals surface area contributed by atoms with Gasteiger partial charge in [-0.2, -0.15) is 0 Å². The molecular weight excluding hydrogens is 350 g/mol. The van der Waals surface area contributed by atoms with E-state index in [1.54, 1.807) is 0 Å². The summed E-state index contributed by atoms with van der Waals surface area (Å²) >= 11 is 0. The minimum Gasteiger partial charge on any atom is -0.309 e. The lowest BCUT2D eigenvalue weighted by atomic mass is 10.0. The molecule has 0 aliphatic heterocycles. The van der Waals surface area contributed by atoms with Crippen LogP contribution in [0, 0.1) is 0 Å². The van der Waals surface area contributed by atoms with Crippen molar-refractivity contribution in [2.24, 2.45) is 0 Å². The zero-order valence-electron chi connectivity index (χ0n) is 16.5. The van der Waals surface area contributed by atoms with Gasteiger partial charge in [0, 0.05) is 16.5 Å². The Labute approximate surface area is 171 Å². The van der Waals surface area contributed by atoms with Crippen LogP contribution in [0.15, 0.2) is 109 Å². The summed E-state index contributed by atoms with van der Waals surface area (Å²) in [5.74, 6) is 0. The van der Waals surface area contributed by atoms with Crippen LogP contribution in [0.2, 0.25) is 0 Å². The minimum absolute atomic E-state index is 1.04. The van der Waals surface area contributed by atoms with Gasteiger partial charge in [-0.05, 0) is 47.0 Å². The average molecular weight is 373 g/mol. The predicted molar refractivity (Wildman–Crippen MR) is 126 cm³/mol. The molecule has 0 heterocycles. The monoisotopic (exact) mass is 373 g/mol.